The van der Waals surface area contributed by atoms with Crippen molar-refractivity contribution in [2.45, 2.75) is 13.8 Å². The number of halogens is 1. The summed E-state index contributed by atoms with van der Waals surface area (Å²) in [5.41, 5.74) is 4.28. The number of hydrogen-bond acceptors (Lipinski definition) is 5. The number of hydrogen-bond donors (Lipinski definition) is 0. The normalized spacial score (nSPS) is 11.6. The van der Waals surface area contributed by atoms with Crippen LogP contribution in [-0.2, 0) is 0 Å². The molecule has 0 fully saturated rings. The third-order valence-electron chi connectivity index (χ3n) is 3.85. The summed E-state index contributed by atoms with van der Waals surface area (Å²) in [4.78, 5) is 4.45. The molecule has 0 aliphatic rings. The Balaban J connectivity index is 1.71. The molecule has 0 atom stereocenters. The molecule has 2 aromatic heterocycles. The molecular formula is C18H14ClN5S. The van der Waals surface area contributed by atoms with E-state index in [0.29, 0.717) is 10.2 Å². The van der Waals surface area contributed by atoms with Crippen LogP contribution in [0.25, 0.3) is 15.9 Å². The Labute approximate surface area is 153 Å². The molecule has 0 bridgehead atoms. The first-order valence-corrected chi connectivity index (χ1v) is 8.91. The number of aromatic nitrogens is 3. The van der Waals surface area contributed by atoms with Gasteiger partial charge in [0.1, 0.15) is 11.2 Å². The van der Waals surface area contributed by atoms with Crippen molar-refractivity contribution in [2.24, 2.45) is 10.2 Å². The Kier molecular flexibility index (Phi) is 4.07. The number of benzene rings is 2. The largest absolute Gasteiger partial charge is 0.236 e. The number of fused-ring (bicyclic) bond motifs is 1. The average Bonchev–Trinajstić information content (AvgIpc) is 3.16. The van der Waals surface area contributed by atoms with Crippen LogP contribution in [0.4, 0.5) is 10.8 Å². The molecule has 0 saturated carbocycles. The third kappa shape index (κ3) is 2.94. The van der Waals surface area contributed by atoms with Crippen LogP contribution in [0.3, 0.4) is 0 Å². The second kappa shape index (κ2) is 6.38. The molecule has 0 aliphatic carbocycles. The van der Waals surface area contributed by atoms with Crippen molar-refractivity contribution in [1.29, 1.82) is 0 Å². The minimum absolute atomic E-state index is 0.578. The van der Waals surface area contributed by atoms with Crippen LogP contribution in [0.1, 0.15) is 11.4 Å². The molecule has 0 radical (unpaired) electrons. The van der Waals surface area contributed by atoms with Crippen molar-refractivity contribution < 1.29 is 0 Å². The van der Waals surface area contributed by atoms with E-state index in [1.807, 2.05) is 67.1 Å². The van der Waals surface area contributed by atoms with Gasteiger partial charge in [-0.3, -0.25) is 0 Å². The molecule has 2 aromatic carbocycles. The van der Waals surface area contributed by atoms with Gasteiger partial charge >= 0.3 is 0 Å². The summed E-state index contributed by atoms with van der Waals surface area (Å²) in [7, 11) is 0. The Morgan fingerprint density at radius 3 is 2.56 bits per heavy atom. The zero-order valence-corrected chi connectivity index (χ0v) is 15.2. The first-order chi connectivity index (χ1) is 12.1. The van der Waals surface area contributed by atoms with Gasteiger partial charge in [-0.2, -0.15) is 5.10 Å². The maximum Gasteiger partial charge on any atom is 0.231 e. The predicted octanol–water partition coefficient (Wildman–Crippen LogP) is 6.17. The summed E-state index contributed by atoms with van der Waals surface area (Å²) in [6, 6.07) is 15.7. The van der Waals surface area contributed by atoms with Crippen LogP contribution >= 0.6 is 22.9 Å². The lowest BCUT2D eigenvalue weighted by molar-refractivity contribution is 0.833. The second-order valence-corrected chi connectivity index (χ2v) is 6.97. The number of thiazole rings is 1. The number of aryl methyl sites for hydroxylation is 1. The topological polar surface area (TPSA) is 55.4 Å². The molecule has 0 N–H and O–H groups in total. The molecule has 0 aliphatic heterocycles. The summed E-state index contributed by atoms with van der Waals surface area (Å²) in [6.07, 6.45) is 0. The highest BCUT2D eigenvalue weighted by molar-refractivity contribution is 7.22. The number of para-hydroxylation sites is 2. The van der Waals surface area contributed by atoms with Gasteiger partial charge in [-0.1, -0.05) is 47.2 Å². The molecule has 25 heavy (non-hydrogen) atoms. The Bertz CT molecular complexity index is 1080. The molecule has 124 valence electrons. The SMILES string of the molecule is Cc1nn(-c2ccccc2)c(C)c1N=Nc1nc2c(Cl)cccc2s1. The van der Waals surface area contributed by atoms with Gasteiger partial charge in [-0.15, -0.1) is 10.2 Å². The zero-order chi connectivity index (χ0) is 17.4. The van der Waals surface area contributed by atoms with Crippen LogP contribution in [0.15, 0.2) is 58.8 Å². The fraction of sp³-hybridized carbons (Fsp3) is 0.111. The smallest absolute Gasteiger partial charge is 0.231 e. The Hall–Kier alpha value is -2.57. The van der Waals surface area contributed by atoms with Crippen LogP contribution < -0.4 is 0 Å². The molecule has 0 amide bonds. The maximum atomic E-state index is 6.17. The van der Waals surface area contributed by atoms with Gasteiger partial charge in [0.15, 0.2) is 0 Å². The van der Waals surface area contributed by atoms with E-state index in [4.69, 9.17) is 11.6 Å². The van der Waals surface area contributed by atoms with Gasteiger partial charge in [-0.25, -0.2) is 9.67 Å². The fourth-order valence-electron chi connectivity index (χ4n) is 2.64. The Morgan fingerprint density at radius 1 is 1.00 bits per heavy atom. The lowest BCUT2D eigenvalue weighted by Gasteiger charge is -2.02. The Morgan fingerprint density at radius 2 is 1.80 bits per heavy atom. The molecule has 4 rings (SSSR count). The molecule has 0 unspecified atom stereocenters. The standard InChI is InChI=1S/C18H14ClN5S/c1-11-16(12(2)24(23-11)13-7-4-3-5-8-13)21-22-18-20-17-14(19)9-6-10-15(17)25-18/h3-10H,1-2H3. The van der Waals surface area contributed by atoms with Gasteiger partial charge in [0.25, 0.3) is 0 Å². The van der Waals surface area contributed by atoms with E-state index in [1.54, 1.807) is 0 Å². The van der Waals surface area contributed by atoms with Gasteiger partial charge in [0.05, 0.1) is 26.8 Å². The monoisotopic (exact) mass is 367 g/mol. The highest BCUT2D eigenvalue weighted by Gasteiger charge is 2.13. The minimum atomic E-state index is 0.578. The molecule has 4 aromatic rings. The molecular weight excluding hydrogens is 354 g/mol. The third-order valence-corrected chi connectivity index (χ3v) is 5.06. The molecule has 0 spiro atoms. The van der Waals surface area contributed by atoms with E-state index in [9.17, 15) is 0 Å². The van der Waals surface area contributed by atoms with Crippen molar-refractivity contribution in [1.82, 2.24) is 14.8 Å². The summed E-state index contributed by atoms with van der Waals surface area (Å²) in [5, 5.41) is 14.5. The van der Waals surface area contributed by atoms with Gasteiger partial charge in [0.2, 0.25) is 5.13 Å². The first-order valence-electron chi connectivity index (χ1n) is 7.72. The zero-order valence-electron chi connectivity index (χ0n) is 13.6. The summed E-state index contributed by atoms with van der Waals surface area (Å²) >= 11 is 7.63. The van der Waals surface area contributed by atoms with Gasteiger partial charge in [-0.05, 0) is 38.1 Å². The number of nitrogens with zero attached hydrogens (tertiary/aromatic N) is 5. The molecule has 5 nitrogen and oxygen atoms in total. The lowest BCUT2D eigenvalue weighted by Crippen LogP contribution is -1.98. The summed E-state index contributed by atoms with van der Waals surface area (Å²) < 4.78 is 2.87. The number of azo groups is 1. The maximum absolute atomic E-state index is 6.17. The first kappa shape index (κ1) is 15.9. The fourth-order valence-corrected chi connectivity index (χ4v) is 3.73. The van der Waals surface area contributed by atoms with Crippen molar-refractivity contribution in [3.05, 3.63) is 64.9 Å². The van der Waals surface area contributed by atoms with E-state index in [-0.39, 0.29) is 0 Å². The molecule has 0 saturated heterocycles. The van der Waals surface area contributed by atoms with Crippen LogP contribution in [0.2, 0.25) is 5.02 Å². The van der Waals surface area contributed by atoms with E-state index in [1.165, 1.54) is 11.3 Å². The van der Waals surface area contributed by atoms with E-state index >= 15 is 0 Å². The highest BCUT2D eigenvalue weighted by atomic mass is 35.5. The highest BCUT2D eigenvalue weighted by Crippen LogP contribution is 2.34. The van der Waals surface area contributed by atoms with Crippen LogP contribution in [0, 0.1) is 13.8 Å². The average molecular weight is 368 g/mol. The summed E-state index contributed by atoms with van der Waals surface area (Å²) in [6.45, 7) is 3.91. The second-order valence-electron chi connectivity index (χ2n) is 5.55. The quantitative estimate of drug-likeness (QED) is 0.406. The van der Waals surface area contributed by atoms with E-state index < -0.39 is 0 Å². The van der Waals surface area contributed by atoms with E-state index in [2.05, 4.69) is 20.3 Å². The van der Waals surface area contributed by atoms with Gasteiger partial charge < -0.3 is 0 Å². The minimum Gasteiger partial charge on any atom is -0.236 e. The van der Waals surface area contributed by atoms with Crippen molar-refractivity contribution in [2.75, 3.05) is 0 Å². The molecule has 2 heterocycles. The number of rotatable bonds is 3. The predicted molar refractivity (Wildman–Crippen MR) is 102 cm³/mol. The van der Waals surface area contributed by atoms with Gasteiger partial charge in [0, 0.05) is 0 Å². The summed E-state index contributed by atoms with van der Waals surface area (Å²) in [5.74, 6) is 0. The van der Waals surface area contributed by atoms with Crippen LogP contribution in [0.5, 0.6) is 0 Å². The van der Waals surface area contributed by atoms with Crippen molar-refractivity contribution in [3.8, 4) is 5.69 Å². The van der Waals surface area contributed by atoms with Crippen molar-refractivity contribution in [3.63, 3.8) is 0 Å². The lowest BCUT2D eigenvalue weighted by atomic mass is 10.3. The van der Waals surface area contributed by atoms with Crippen LogP contribution in [-0.4, -0.2) is 14.8 Å². The van der Waals surface area contributed by atoms with Crippen molar-refractivity contribution >= 4 is 44.0 Å². The van der Waals surface area contributed by atoms with E-state index in [0.717, 1.165) is 33.0 Å². The molecule has 7 heteroatoms.